The van der Waals surface area contributed by atoms with E-state index in [1.165, 1.54) is 4.80 Å². The van der Waals surface area contributed by atoms with Gasteiger partial charge in [0.05, 0.1) is 36.5 Å². The van der Waals surface area contributed by atoms with Crippen LogP contribution >= 0.6 is 11.6 Å². The number of carbonyl (C=O) groups is 1. The van der Waals surface area contributed by atoms with E-state index in [4.69, 9.17) is 16.3 Å². The monoisotopic (exact) mass is 398 g/mol. The average Bonchev–Trinajstić information content (AvgIpc) is 3.11. The molecule has 28 heavy (non-hydrogen) atoms. The Bertz CT molecular complexity index is 982. The number of nitrogens with zero attached hydrogens (tertiary/aromatic N) is 5. The van der Waals surface area contributed by atoms with E-state index >= 15 is 0 Å². The molecule has 3 heterocycles. The van der Waals surface area contributed by atoms with E-state index in [2.05, 4.69) is 25.4 Å². The molecule has 0 radical (unpaired) electrons. The van der Waals surface area contributed by atoms with Gasteiger partial charge < -0.3 is 15.0 Å². The second kappa shape index (κ2) is 7.95. The van der Waals surface area contributed by atoms with Crippen molar-refractivity contribution in [2.24, 2.45) is 0 Å². The van der Waals surface area contributed by atoms with E-state index in [1.807, 2.05) is 12.1 Å². The van der Waals surface area contributed by atoms with Gasteiger partial charge in [0.25, 0.3) is 5.91 Å². The number of nitrogens with one attached hydrogen (secondary N) is 1. The van der Waals surface area contributed by atoms with Crippen LogP contribution < -0.4 is 10.2 Å². The van der Waals surface area contributed by atoms with Crippen LogP contribution in [-0.2, 0) is 4.74 Å². The number of pyridine rings is 1. The molecule has 1 aliphatic rings. The molecule has 0 saturated carbocycles. The number of carbonyl (C=O) groups excluding carboxylic acids is 1. The molecule has 4 rings (SSSR count). The molecule has 8 nitrogen and oxygen atoms in total. The van der Waals surface area contributed by atoms with Gasteiger partial charge in [-0.05, 0) is 37.3 Å². The molecular formula is C19H19ClN6O2. The highest BCUT2D eigenvalue weighted by Gasteiger charge is 2.18. The first-order chi connectivity index (χ1) is 13.6. The van der Waals surface area contributed by atoms with Crippen molar-refractivity contribution in [1.82, 2.24) is 20.0 Å². The van der Waals surface area contributed by atoms with E-state index in [9.17, 15) is 4.79 Å². The Kier molecular flexibility index (Phi) is 5.23. The minimum atomic E-state index is -0.364. The predicted molar refractivity (Wildman–Crippen MR) is 106 cm³/mol. The molecule has 1 aromatic carbocycles. The van der Waals surface area contributed by atoms with Gasteiger partial charge in [-0.1, -0.05) is 17.7 Å². The number of amides is 1. The maximum atomic E-state index is 12.6. The number of morpholine rings is 1. The molecule has 1 saturated heterocycles. The van der Waals surface area contributed by atoms with E-state index in [0.717, 1.165) is 18.8 Å². The highest BCUT2D eigenvalue weighted by atomic mass is 35.5. The first kappa shape index (κ1) is 18.4. The van der Waals surface area contributed by atoms with Gasteiger partial charge in [0.1, 0.15) is 5.82 Å². The number of hydrogen-bond donors (Lipinski definition) is 1. The predicted octanol–water partition coefficient (Wildman–Crippen LogP) is 2.71. The van der Waals surface area contributed by atoms with Crippen molar-refractivity contribution < 1.29 is 9.53 Å². The van der Waals surface area contributed by atoms with Crippen LogP contribution in [0.3, 0.4) is 0 Å². The maximum absolute atomic E-state index is 12.6. The van der Waals surface area contributed by atoms with E-state index in [0.29, 0.717) is 35.4 Å². The van der Waals surface area contributed by atoms with Crippen molar-refractivity contribution in [3.05, 3.63) is 59.0 Å². The van der Waals surface area contributed by atoms with Crippen molar-refractivity contribution in [3.8, 4) is 5.69 Å². The van der Waals surface area contributed by atoms with Gasteiger partial charge in [0, 0.05) is 18.1 Å². The Morgan fingerprint density at radius 1 is 1.14 bits per heavy atom. The van der Waals surface area contributed by atoms with Gasteiger partial charge in [0.15, 0.2) is 5.69 Å². The lowest BCUT2D eigenvalue weighted by Gasteiger charge is -2.28. The van der Waals surface area contributed by atoms with Crippen molar-refractivity contribution >= 4 is 29.0 Å². The third kappa shape index (κ3) is 3.97. The Morgan fingerprint density at radius 3 is 2.68 bits per heavy atom. The quantitative estimate of drug-likeness (QED) is 0.727. The minimum absolute atomic E-state index is 0.235. The second-order valence-electron chi connectivity index (χ2n) is 6.36. The van der Waals surface area contributed by atoms with Gasteiger partial charge in [-0.3, -0.25) is 4.79 Å². The Labute approximate surface area is 167 Å². The molecule has 1 amide bonds. The third-order valence-electron chi connectivity index (χ3n) is 4.40. The zero-order valence-electron chi connectivity index (χ0n) is 15.3. The van der Waals surface area contributed by atoms with Crippen LogP contribution in [0.1, 0.15) is 16.2 Å². The van der Waals surface area contributed by atoms with E-state index in [1.54, 1.807) is 37.4 Å². The summed E-state index contributed by atoms with van der Waals surface area (Å²) in [6.07, 6.45) is 1.75. The van der Waals surface area contributed by atoms with Crippen molar-refractivity contribution in [2.75, 3.05) is 36.5 Å². The summed E-state index contributed by atoms with van der Waals surface area (Å²) < 4.78 is 5.36. The highest BCUT2D eigenvalue weighted by molar-refractivity contribution is 6.30. The van der Waals surface area contributed by atoms with Crippen LogP contribution in [0.4, 0.5) is 11.5 Å². The molecule has 144 valence electrons. The largest absolute Gasteiger partial charge is 0.378 e. The SMILES string of the molecule is Cc1nn(-c2cccc(Cl)c2)nc1C(=O)Nc1ccc(N2CCOCC2)cn1. The van der Waals surface area contributed by atoms with Gasteiger partial charge in [-0.15, -0.1) is 5.10 Å². The first-order valence-corrected chi connectivity index (χ1v) is 9.28. The molecule has 2 aromatic heterocycles. The van der Waals surface area contributed by atoms with Crippen molar-refractivity contribution in [1.29, 1.82) is 0 Å². The molecular weight excluding hydrogens is 380 g/mol. The Balaban J connectivity index is 1.48. The van der Waals surface area contributed by atoms with Gasteiger partial charge in [0.2, 0.25) is 0 Å². The summed E-state index contributed by atoms with van der Waals surface area (Å²) in [6, 6.07) is 10.8. The fourth-order valence-corrected chi connectivity index (χ4v) is 3.13. The number of ether oxygens (including phenoxy) is 1. The summed E-state index contributed by atoms with van der Waals surface area (Å²) in [7, 11) is 0. The van der Waals surface area contributed by atoms with E-state index in [-0.39, 0.29) is 11.6 Å². The average molecular weight is 399 g/mol. The Morgan fingerprint density at radius 2 is 1.96 bits per heavy atom. The topological polar surface area (TPSA) is 85.2 Å². The first-order valence-electron chi connectivity index (χ1n) is 8.90. The summed E-state index contributed by atoms with van der Waals surface area (Å²) in [5, 5.41) is 11.9. The fraction of sp³-hybridized carbons (Fsp3) is 0.263. The Hall–Kier alpha value is -2.97. The zero-order valence-corrected chi connectivity index (χ0v) is 16.1. The summed E-state index contributed by atoms with van der Waals surface area (Å²) in [5.74, 6) is 0.0936. The second-order valence-corrected chi connectivity index (χ2v) is 6.79. The molecule has 0 unspecified atom stereocenters. The number of rotatable bonds is 4. The smallest absolute Gasteiger partial charge is 0.279 e. The summed E-state index contributed by atoms with van der Waals surface area (Å²) >= 11 is 6.01. The number of aromatic nitrogens is 4. The number of halogens is 1. The maximum Gasteiger partial charge on any atom is 0.279 e. The molecule has 3 aromatic rings. The van der Waals surface area contributed by atoms with Gasteiger partial charge in [-0.2, -0.15) is 9.90 Å². The van der Waals surface area contributed by atoms with Crippen LogP contribution in [0.15, 0.2) is 42.6 Å². The van der Waals surface area contributed by atoms with Crippen molar-refractivity contribution in [3.63, 3.8) is 0 Å². The summed E-state index contributed by atoms with van der Waals surface area (Å²) in [5.41, 5.74) is 2.44. The van der Waals surface area contributed by atoms with Crippen molar-refractivity contribution in [2.45, 2.75) is 6.92 Å². The van der Waals surface area contributed by atoms with Crippen LogP contribution in [0.2, 0.25) is 5.02 Å². The lowest BCUT2D eigenvalue weighted by molar-refractivity contribution is 0.102. The van der Waals surface area contributed by atoms with Crippen LogP contribution in [-0.4, -0.2) is 52.2 Å². The number of aryl methyl sites for hydroxylation is 1. The molecule has 0 atom stereocenters. The van der Waals surface area contributed by atoms with Crippen LogP contribution in [0, 0.1) is 6.92 Å². The lowest BCUT2D eigenvalue weighted by atomic mass is 10.3. The van der Waals surface area contributed by atoms with E-state index < -0.39 is 0 Å². The highest BCUT2D eigenvalue weighted by Crippen LogP contribution is 2.18. The molecule has 9 heteroatoms. The number of anilines is 2. The lowest BCUT2D eigenvalue weighted by Crippen LogP contribution is -2.36. The number of hydrogen-bond acceptors (Lipinski definition) is 6. The van der Waals surface area contributed by atoms with Crippen LogP contribution in [0.5, 0.6) is 0 Å². The molecule has 0 aliphatic carbocycles. The third-order valence-corrected chi connectivity index (χ3v) is 4.64. The number of benzene rings is 1. The minimum Gasteiger partial charge on any atom is -0.378 e. The standard InChI is InChI=1S/C19H19ClN6O2/c1-13-18(24-26(23-13)15-4-2-3-14(20)11-15)19(27)22-17-6-5-16(12-21-17)25-7-9-28-10-8-25/h2-6,11-12H,7-10H2,1H3,(H,21,22,27). The van der Waals surface area contributed by atoms with Gasteiger partial charge in [-0.25, -0.2) is 4.98 Å². The summed E-state index contributed by atoms with van der Waals surface area (Å²) in [6.45, 7) is 4.82. The van der Waals surface area contributed by atoms with Crippen LogP contribution in [0.25, 0.3) is 5.69 Å². The summed E-state index contributed by atoms with van der Waals surface area (Å²) in [4.78, 5) is 20.5. The zero-order chi connectivity index (χ0) is 19.5. The molecule has 1 fully saturated rings. The molecule has 1 aliphatic heterocycles. The normalized spacial score (nSPS) is 14.1. The van der Waals surface area contributed by atoms with Gasteiger partial charge >= 0.3 is 0 Å². The molecule has 1 N–H and O–H groups in total. The molecule has 0 bridgehead atoms. The fourth-order valence-electron chi connectivity index (χ4n) is 2.95. The molecule has 0 spiro atoms.